The summed E-state index contributed by atoms with van der Waals surface area (Å²) in [6.07, 6.45) is 13.9. The zero-order valence-corrected chi connectivity index (χ0v) is 14.3. The first-order valence-corrected chi connectivity index (χ1v) is 8.88. The summed E-state index contributed by atoms with van der Waals surface area (Å²) in [6, 6.07) is 0.104. The van der Waals surface area contributed by atoms with Gasteiger partial charge in [0.15, 0.2) is 0 Å². The quantitative estimate of drug-likeness (QED) is 0.212. The van der Waals surface area contributed by atoms with Gasteiger partial charge in [-0.25, -0.2) is 10.9 Å². The minimum Gasteiger partial charge on any atom is -0.396 e. The van der Waals surface area contributed by atoms with Crippen molar-refractivity contribution in [3.05, 3.63) is 24.9 Å². The van der Waals surface area contributed by atoms with Crippen molar-refractivity contribution in [1.29, 1.82) is 0 Å². The predicted octanol–water partition coefficient (Wildman–Crippen LogP) is 3.36. The number of hydrogen-bond acceptors (Lipinski definition) is 4. The lowest BCUT2D eigenvalue weighted by molar-refractivity contribution is 0.277. The molecule has 0 aliphatic carbocycles. The van der Waals surface area contributed by atoms with Crippen LogP contribution in [0.1, 0.15) is 71.1 Å². The molecule has 4 heteroatoms. The summed E-state index contributed by atoms with van der Waals surface area (Å²) in [6.45, 7) is 10.3. The molecule has 4 nitrogen and oxygen atoms in total. The van der Waals surface area contributed by atoms with Crippen LogP contribution in [0.3, 0.4) is 0 Å². The van der Waals surface area contributed by atoms with Crippen LogP contribution in [0, 0.1) is 0 Å². The van der Waals surface area contributed by atoms with Gasteiger partial charge >= 0.3 is 0 Å². The lowest BCUT2D eigenvalue weighted by Crippen LogP contribution is -2.30. The van der Waals surface area contributed by atoms with Crippen molar-refractivity contribution in [3.8, 4) is 0 Å². The molecular weight excluding hydrogens is 274 g/mol. The normalized spacial score (nSPS) is 17.0. The number of nitrogens with one attached hydrogen (secondary N) is 3. The summed E-state index contributed by atoms with van der Waals surface area (Å²) < 4.78 is 0. The van der Waals surface area contributed by atoms with Gasteiger partial charge in [-0.3, -0.25) is 0 Å². The van der Waals surface area contributed by atoms with Crippen LogP contribution in [0.2, 0.25) is 0 Å². The summed E-state index contributed by atoms with van der Waals surface area (Å²) >= 11 is 0. The molecule has 1 saturated heterocycles. The van der Waals surface area contributed by atoms with Crippen molar-refractivity contribution in [3.63, 3.8) is 0 Å². The molecule has 1 atom stereocenters. The van der Waals surface area contributed by atoms with Crippen molar-refractivity contribution in [2.45, 2.75) is 82.8 Å². The third-order valence-electron chi connectivity index (χ3n) is 4.31. The Kier molecular flexibility index (Phi) is 9.44. The molecule has 0 amide bonds. The fraction of sp³-hybridized carbons (Fsp3) is 0.778. The standard InChI is InChI=1S/C18H35N3O/c1-4-6-7-8-9-10-11-13-18(20-21-18)15-16(3)19-17(5-2)12-14-22/h5,17,19-22H,2-4,6-15H2,1H3. The molecule has 0 aromatic heterocycles. The molecule has 0 spiro atoms. The minimum atomic E-state index is 0.0401. The molecule has 128 valence electrons. The molecule has 0 bridgehead atoms. The summed E-state index contributed by atoms with van der Waals surface area (Å²) in [7, 11) is 0. The molecule has 0 aromatic rings. The molecule has 22 heavy (non-hydrogen) atoms. The van der Waals surface area contributed by atoms with Gasteiger partial charge in [0, 0.05) is 24.8 Å². The molecule has 1 rings (SSSR count). The van der Waals surface area contributed by atoms with Gasteiger partial charge in [0.05, 0.1) is 5.66 Å². The molecule has 1 aliphatic rings. The first kappa shape index (κ1) is 19.2. The number of unbranched alkanes of at least 4 members (excludes halogenated alkanes) is 6. The smallest absolute Gasteiger partial charge is 0.0997 e. The number of rotatable bonds is 15. The summed E-state index contributed by atoms with van der Waals surface area (Å²) in [5.41, 5.74) is 7.61. The fourth-order valence-corrected chi connectivity index (χ4v) is 2.84. The van der Waals surface area contributed by atoms with E-state index in [9.17, 15) is 0 Å². The van der Waals surface area contributed by atoms with E-state index in [1.54, 1.807) is 0 Å². The Morgan fingerprint density at radius 2 is 1.82 bits per heavy atom. The number of aliphatic hydroxyl groups excluding tert-OH is 1. The largest absolute Gasteiger partial charge is 0.396 e. The highest BCUT2D eigenvalue weighted by Gasteiger charge is 2.41. The van der Waals surface area contributed by atoms with Crippen molar-refractivity contribution in [2.75, 3.05) is 6.61 Å². The first-order chi connectivity index (χ1) is 10.7. The van der Waals surface area contributed by atoms with Crippen LogP contribution in [0.5, 0.6) is 0 Å². The molecule has 0 saturated carbocycles. The Morgan fingerprint density at radius 1 is 1.18 bits per heavy atom. The van der Waals surface area contributed by atoms with Crippen molar-refractivity contribution in [1.82, 2.24) is 16.2 Å². The second-order valence-corrected chi connectivity index (χ2v) is 6.48. The Morgan fingerprint density at radius 3 is 2.36 bits per heavy atom. The van der Waals surface area contributed by atoms with Gasteiger partial charge in [-0.1, -0.05) is 64.5 Å². The fourth-order valence-electron chi connectivity index (χ4n) is 2.84. The van der Waals surface area contributed by atoms with E-state index in [4.69, 9.17) is 5.11 Å². The molecule has 1 aliphatic heterocycles. The van der Waals surface area contributed by atoms with Gasteiger partial charge in [-0.15, -0.1) is 6.58 Å². The Labute approximate surface area is 136 Å². The highest BCUT2D eigenvalue weighted by molar-refractivity contribution is 5.09. The van der Waals surface area contributed by atoms with Crippen molar-refractivity contribution >= 4 is 0 Å². The second kappa shape index (κ2) is 10.8. The Hall–Kier alpha value is -0.840. The molecule has 0 aromatic carbocycles. The van der Waals surface area contributed by atoms with E-state index in [2.05, 4.69) is 36.2 Å². The molecule has 1 heterocycles. The van der Waals surface area contributed by atoms with Crippen molar-refractivity contribution in [2.24, 2.45) is 0 Å². The van der Waals surface area contributed by atoms with Crippen molar-refractivity contribution < 1.29 is 5.11 Å². The average molecular weight is 309 g/mol. The topological polar surface area (TPSA) is 76.1 Å². The Bertz CT molecular complexity index is 326. The van der Waals surface area contributed by atoms with Gasteiger partial charge in [0.1, 0.15) is 0 Å². The summed E-state index contributed by atoms with van der Waals surface area (Å²) in [4.78, 5) is 0. The van der Waals surface area contributed by atoms with Gasteiger partial charge in [0.2, 0.25) is 0 Å². The van der Waals surface area contributed by atoms with E-state index in [0.29, 0.717) is 6.42 Å². The molecular formula is C18H35N3O. The molecule has 4 N–H and O–H groups in total. The maximum Gasteiger partial charge on any atom is 0.0997 e. The van der Waals surface area contributed by atoms with E-state index in [0.717, 1.165) is 18.5 Å². The molecule has 1 fully saturated rings. The van der Waals surface area contributed by atoms with Crippen LogP contribution in [-0.4, -0.2) is 23.4 Å². The maximum absolute atomic E-state index is 9.00. The third-order valence-corrected chi connectivity index (χ3v) is 4.31. The van der Waals surface area contributed by atoms with E-state index in [1.165, 1.54) is 44.9 Å². The van der Waals surface area contributed by atoms with Gasteiger partial charge in [-0.2, -0.15) is 0 Å². The van der Waals surface area contributed by atoms with E-state index < -0.39 is 0 Å². The molecule has 1 unspecified atom stereocenters. The number of hydrazine groups is 1. The van der Waals surface area contributed by atoms with Gasteiger partial charge < -0.3 is 10.4 Å². The van der Waals surface area contributed by atoms with Crippen LogP contribution in [0.15, 0.2) is 24.9 Å². The van der Waals surface area contributed by atoms with Crippen LogP contribution in [0.4, 0.5) is 0 Å². The van der Waals surface area contributed by atoms with Crippen LogP contribution in [-0.2, 0) is 0 Å². The predicted molar refractivity (Wildman–Crippen MR) is 94.2 cm³/mol. The minimum absolute atomic E-state index is 0.0401. The Balaban J connectivity index is 2.13. The van der Waals surface area contributed by atoms with E-state index in [-0.39, 0.29) is 18.3 Å². The zero-order valence-electron chi connectivity index (χ0n) is 14.3. The van der Waals surface area contributed by atoms with Crippen LogP contribution in [0.25, 0.3) is 0 Å². The lowest BCUT2D eigenvalue weighted by atomic mass is 9.99. The highest BCUT2D eigenvalue weighted by atomic mass is 16.3. The van der Waals surface area contributed by atoms with E-state index >= 15 is 0 Å². The monoisotopic (exact) mass is 309 g/mol. The highest BCUT2D eigenvalue weighted by Crippen LogP contribution is 2.26. The van der Waals surface area contributed by atoms with E-state index in [1.807, 2.05) is 6.08 Å². The second-order valence-electron chi connectivity index (χ2n) is 6.48. The van der Waals surface area contributed by atoms with Crippen LogP contribution < -0.4 is 16.2 Å². The van der Waals surface area contributed by atoms with Crippen LogP contribution >= 0.6 is 0 Å². The van der Waals surface area contributed by atoms with Gasteiger partial charge in [-0.05, 0) is 12.8 Å². The summed E-state index contributed by atoms with van der Waals surface area (Å²) in [5, 5.41) is 12.3. The number of aliphatic hydroxyl groups is 1. The molecule has 0 radical (unpaired) electrons. The zero-order chi connectivity index (χ0) is 16.3. The average Bonchev–Trinajstić information content (AvgIpc) is 3.25. The van der Waals surface area contributed by atoms with Gasteiger partial charge in [0.25, 0.3) is 0 Å². The SMILES string of the molecule is C=CC(CCO)NC(=C)CC1(CCCCCCCCC)NN1. The maximum atomic E-state index is 9.00. The first-order valence-electron chi connectivity index (χ1n) is 8.88. The lowest BCUT2D eigenvalue weighted by Gasteiger charge is -2.20. The number of hydrogen-bond donors (Lipinski definition) is 4. The summed E-state index contributed by atoms with van der Waals surface area (Å²) in [5.74, 6) is 0. The third kappa shape index (κ3) is 7.97.